The number of hydrogen-bond donors (Lipinski definition) is 0. The Bertz CT molecular complexity index is 1040. The standard InChI is InChI=1S/C21H23N5O2/c1-16-23-26(21(28)25(16)13-9-17-6-3-2-4-7-17)15-20(27)24-12-10-19-18(14-24)8-5-11-22-19/h2-8,11H,9-10,12-15H2,1H3. The third-order valence-corrected chi connectivity index (χ3v) is 5.18. The van der Waals surface area contributed by atoms with Crippen LogP contribution in [0, 0.1) is 6.92 Å². The van der Waals surface area contributed by atoms with Crippen LogP contribution in [0.1, 0.15) is 22.6 Å². The highest BCUT2D eigenvalue weighted by Crippen LogP contribution is 2.16. The first-order chi connectivity index (χ1) is 13.6. The van der Waals surface area contributed by atoms with Gasteiger partial charge in [-0.15, -0.1) is 0 Å². The Labute approximate surface area is 163 Å². The molecule has 0 saturated carbocycles. The van der Waals surface area contributed by atoms with E-state index >= 15 is 0 Å². The number of amides is 1. The highest BCUT2D eigenvalue weighted by atomic mass is 16.2. The van der Waals surface area contributed by atoms with E-state index in [4.69, 9.17) is 0 Å². The summed E-state index contributed by atoms with van der Waals surface area (Å²) >= 11 is 0. The van der Waals surface area contributed by atoms with E-state index in [2.05, 4.69) is 10.1 Å². The predicted octanol–water partition coefficient (Wildman–Crippen LogP) is 1.58. The SMILES string of the molecule is Cc1nn(CC(=O)N2CCc3ncccc3C2)c(=O)n1CCc1ccccc1. The minimum Gasteiger partial charge on any atom is -0.336 e. The lowest BCUT2D eigenvalue weighted by Crippen LogP contribution is -2.40. The molecule has 0 fully saturated rings. The van der Waals surface area contributed by atoms with Crippen molar-refractivity contribution >= 4 is 5.91 Å². The molecule has 0 bridgehead atoms. The number of rotatable bonds is 5. The van der Waals surface area contributed by atoms with E-state index in [-0.39, 0.29) is 18.1 Å². The number of carbonyl (C=O) groups excluding carboxylic acids is 1. The predicted molar refractivity (Wildman–Crippen MR) is 105 cm³/mol. The fourth-order valence-electron chi connectivity index (χ4n) is 3.60. The molecule has 0 unspecified atom stereocenters. The quantitative estimate of drug-likeness (QED) is 0.677. The molecule has 0 saturated heterocycles. The summed E-state index contributed by atoms with van der Waals surface area (Å²) in [6, 6.07) is 13.9. The summed E-state index contributed by atoms with van der Waals surface area (Å²) in [6.07, 6.45) is 3.26. The van der Waals surface area contributed by atoms with E-state index in [1.54, 1.807) is 22.6 Å². The van der Waals surface area contributed by atoms with E-state index < -0.39 is 0 Å². The number of carbonyl (C=O) groups is 1. The number of benzene rings is 1. The molecule has 7 heteroatoms. The van der Waals surface area contributed by atoms with Gasteiger partial charge in [0.15, 0.2) is 0 Å². The summed E-state index contributed by atoms with van der Waals surface area (Å²) < 4.78 is 2.91. The molecule has 1 aliphatic rings. The Balaban J connectivity index is 1.44. The van der Waals surface area contributed by atoms with Gasteiger partial charge < -0.3 is 4.90 Å². The number of aromatic nitrogens is 4. The largest absolute Gasteiger partial charge is 0.346 e. The van der Waals surface area contributed by atoms with Crippen molar-refractivity contribution in [2.45, 2.75) is 39.4 Å². The van der Waals surface area contributed by atoms with Gasteiger partial charge in [0.1, 0.15) is 12.4 Å². The van der Waals surface area contributed by atoms with Gasteiger partial charge in [0, 0.05) is 37.9 Å². The van der Waals surface area contributed by atoms with Crippen molar-refractivity contribution in [3.8, 4) is 0 Å². The molecule has 0 aliphatic carbocycles. The third kappa shape index (κ3) is 3.74. The first-order valence-corrected chi connectivity index (χ1v) is 9.50. The Morgan fingerprint density at radius 1 is 1.14 bits per heavy atom. The fraction of sp³-hybridized carbons (Fsp3) is 0.333. The van der Waals surface area contributed by atoms with Crippen LogP contribution in [0.2, 0.25) is 0 Å². The number of nitrogens with zero attached hydrogens (tertiary/aromatic N) is 5. The Morgan fingerprint density at radius 3 is 2.79 bits per heavy atom. The molecule has 1 aliphatic heterocycles. The number of pyridine rings is 1. The minimum absolute atomic E-state index is 0.0341. The average Bonchev–Trinajstić information content (AvgIpc) is 2.99. The highest BCUT2D eigenvalue weighted by Gasteiger charge is 2.23. The maximum atomic E-state index is 12.7. The van der Waals surface area contributed by atoms with Crippen LogP contribution >= 0.6 is 0 Å². The number of hydrogen-bond acceptors (Lipinski definition) is 4. The van der Waals surface area contributed by atoms with Crippen LogP contribution in [0.5, 0.6) is 0 Å². The maximum absolute atomic E-state index is 12.7. The Kier molecular flexibility index (Phi) is 5.06. The second-order valence-corrected chi connectivity index (χ2v) is 7.05. The van der Waals surface area contributed by atoms with Gasteiger partial charge in [-0.25, -0.2) is 9.48 Å². The topological polar surface area (TPSA) is 73.0 Å². The van der Waals surface area contributed by atoms with Crippen LogP contribution in [0.3, 0.4) is 0 Å². The molecule has 0 atom stereocenters. The molecular formula is C21H23N5O2. The normalized spacial score (nSPS) is 13.4. The van der Waals surface area contributed by atoms with Crippen molar-refractivity contribution in [1.82, 2.24) is 24.2 Å². The number of fused-ring (bicyclic) bond motifs is 1. The van der Waals surface area contributed by atoms with Gasteiger partial charge in [-0.05, 0) is 30.5 Å². The van der Waals surface area contributed by atoms with E-state index in [0.29, 0.717) is 25.5 Å². The summed E-state index contributed by atoms with van der Waals surface area (Å²) in [7, 11) is 0. The van der Waals surface area contributed by atoms with Crippen molar-refractivity contribution in [1.29, 1.82) is 0 Å². The molecule has 144 valence electrons. The van der Waals surface area contributed by atoms with Crippen LogP contribution in [0.25, 0.3) is 0 Å². The summed E-state index contributed by atoms with van der Waals surface area (Å²) in [5.41, 5.74) is 3.04. The van der Waals surface area contributed by atoms with Gasteiger partial charge in [0.2, 0.25) is 5.91 Å². The van der Waals surface area contributed by atoms with E-state index in [9.17, 15) is 9.59 Å². The molecule has 0 radical (unpaired) electrons. The summed E-state index contributed by atoms with van der Waals surface area (Å²) in [4.78, 5) is 31.6. The molecule has 4 rings (SSSR count). The average molecular weight is 377 g/mol. The van der Waals surface area contributed by atoms with Gasteiger partial charge in [-0.2, -0.15) is 5.10 Å². The Hall–Kier alpha value is -3.22. The summed E-state index contributed by atoms with van der Waals surface area (Å²) in [5.74, 6) is 0.534. The molecule has 1 aromatic carbocycles. The lowest BCUT2D eigenvalue weighted by Gasteiger charge is -2.28. The van der Waals surface area contributed by atoms with Gasteiger partial charge in [-0.3, -0.25) is 14.3 Å². The van der Waals surface area contributed by atoms with Crippen LogP contribution in [-0.4, -0.2) is 36.7 Å². The van der Waals surface area contributed by atoms with Gasteiger partial charge in [0.05, 0.1) is 0 Å². The number of aryl methyl sites for hydroxylation is 2. The fourth-order valence-corrected chi connectivity index (χ4v) is 3.60. The lowest BCUT2D eigenvalue weighted by atomic mass is 10.1. The van der Waals surface area contributed by atoms with Crippen LogP contribution in [-0.2, 0) is 37.3 Å². The van der Waals surface area contributed by atoms with Gasteiger partial charge in [-0.1, -0.05) is 36.4 Å². The zero-order chi connectivity index (χ0) is 19.5. The van der Waals surface area contributed by atoms with E-state index in [1.807, 2.05) is 42.5 Å². The first-order valence-electron chi connectivity index (χ1n) is 9.50. The van der Waals surface area contributed by atoms with Crippen LogP contribution < -0.4 is 5.69 Å². The molecule has 0 N–H and O–H groups in total. The van der Waals surface area contributed by atoms with Crippen molar-refractivity contribution in [3.63, 3.8) is 0 Å². The molecule has 0 spiro atoms. The third-order valence-electron chi connectivity index (χ3n) is 5.18. The van der Waals surface area contributed by atoms with E-state index in [1.165, 1.54) is 10.2 Å². The van der Waals surface area contributed by atoms with Crippen molar-refractivity contribution in [2.75, 3.05) is 6.54 Å². The van der Waals surface area contributed by atoms with Gasteiger partial charge in [0.25, 0.3) is 0 Å². The molecule has 7 nitrogen and oxygen atoms in total. The van der Waals surface area contributed by atoms with Crippen molar-refractivity contribution in [2.24, 2.45) is 0 Å². The molecule has 3 aromatic rings. The second kappa shape index (κ2) is 7.80. The summed E-state index contributed by atoms with van der Waals surface area (Å²) in [6.45, 7) is 3.46. The van der Waals surface area contributed by atoms with Crippen LogP contribution in [0.15, 0.2) is 53.5 Å². The Morgan fingerprint density at radius 2 is 1.96 bits per heavy atom. The second-order valence-electron chi connectivity index (χ2n) is 7.05. The molecule has 2 aromatic heterocycles. The molecule has 28 heavy (non-hydrogen) atoms. The zero-order valence-corrected chi connectivity index (χ0v) is 15.9. The van der Waals surface area contributed by atoms with Crippen molar-refractivity contribution < 1.29 is 4.79 Å². The monoisotopic (exact) mass is 377 g/mol. The van der Waals surface area contributed by atoms with Gasteiger partial charge >= 0.3 is 5.69 Å². The molecule has 3 heterocycles. The minimum atomic E-state index is -0.235. The molecular weight excluding hydrogens is 354 g/mol. The van der Waals surface area contributed by atoms with Crippen molar-refractivity contribution in [3.05, 3.63) is 81.8 Å². The van der Waals surface area contributed by atoms with Crippen LogP contribution in [0.4, 0.5) is 0 Å². The van der Waals surface area contributed by atoms with E-state index in [0.717, 1.165) is 24.1 Å². The maximum Gasteiger partial charge on any atom is 0.346 e. The zero-order valence-electron chi connectivity index (χ0n) is 15.9. The first kappa shape index (κ1) is 18.2. The highest BCUT2D eigenvalue weighted by molar-refractivity contribution is 5.76. The smallest absolute Gasteiger partial charge is 0.336 e. The lowest BCUT2D eigenvalue weighted by molar-refractivity contribution is -0.133. The molecule has 1 amide bonds. The summed E-state index contributed by atoms with van der Waals surface area (Å²) in [5, 5.41) is 4.31.